The molecule has 2 aliphatic heterocycles. The Labute approximate surface area is 121 Å². The average molecular weight is 276 g/mol. The maximum atomic E-state index is 6.10. The summed E-state index contributed by atoms with van der Waals surface area (Å²) in [5, 5.41) is 0. The molecule has 0 N–H and O–H groups in total. The molecule has 0 amide bonds. The summed E-state index contributed by atoms with van der Waals surface area (Å²) in [7, 11) is 1.81. The Morgan fingerprint density at radius 1 is 1.55 bits per heavy atom. The number of nitrogens with zero attached hydrogens (tertiary/aromatic N) is 2. The second-order valence-corrected chi connectivity index (χ2v) is 6.01. The van der Waals surface area contributed by atoms with E-state index in [1.165, 1.54) is 11.3 Å². The van der Waals surface area contributed by atoms with Gasteiger partial charge in [-0.25, -0.2) is 0 Å². The molecule has 20 heavy (non-hydrogen) atoms. The molecule has 0 aliphatic carbocycles. The second-order valence-electron chi connectivity index (χ2n) is 6.01. The Morgan fingerprint density at radius 2 is 2.45 bits per heavy atom. The van der Waals surface area contributed by atoms with Crippen LogP contribution >= 0.6 is 0 Å². The van der Waals surface area contributed by atoms with E-state index in [1.807, 2.05) is 19.4 Å². The molecule has 0 bridgehead atoms. The van der Waals surface area contributed by atoms with Crippen molar-refractivity contribution in [3.8, 4) is 0 Å². The number of pyridine rings is 1. The first-order chi connectivity index (χ1) is 9.73. The maximum absolute atomic E-state index is 6.10. The van der Waals surface area contributed by atoms with Crippen LogP contribution in [0.15, 0.2) is 18.3 Å². The normalized spacial score (nSPS) is 31.0. The summed E-state index contributed by atoms with van der Waals surface area (Å²) in [5.41, 5.74) is 2.36. The summed E-state index contributed by atoms with van der Waals surface area (Å²) < 4.78 is 11.8. The molecule has 4 nitrogen and oxygen atoms in total. The van der Waals surface area contributed by atoms with E-state index in [2.05, 4.69) is 22.9 Å². The van der Waals surface area contributed by atoms with E-state index < -0.39 is 0 Å². The van der Waals surface area contributed by atoms with E-state index in [4.69, 9.17) is 9.47 Å². The molecular formula is C16H24N2O2. The van der Waals surface area contributed by atoms with Gasteiger partial charge in [0.15, 0.2) is 0 Å². The first kappa shape index (κ1) is 14.0. The fraction of sp³-hybridized carbons (Fsp3) is 0.688. The van der Waals surface area contributed by atoms with Crippen molar-refractivity contribution in [2.45, 2.75) is 44.4 Å². The van der Waals surface area contributed by atoms with Gasteiger partial charge in [0.25, 0.3) is 0 Å². The van der Waals surface area contributed by atoms with Crippen molar-refractivity contribution < 1.29 is 9.47 Å². The molecule has 0 radical (unpaired) electrons. The van der Waals surface area contributed by atoms with Crippen LogP contribution in [0.25, 0.3) is 0 Å². The SMILES string of the molecule is CO[C@H]1CCN(Cc2ncccc2C)C[C@@]12CCCO2. The van der Waals surface area contributed by atoms with E-state index in [0.29, 0.717) is 0 Å². The van der Waals surface area contributed by atoms with Crippen LogP contribution in [0.3, 0.4) is 0 Å². The molecule has 3 rings (SSSR count). The zero-order valence-electron chi connectivity index (χ0n) is 12.5. The minimum atomic E-state index is -0.0876. The maximum Gasteiger partial charge on any atom is 0.107 e. The molecule has 4 heteroatoms. The van der Waals surface area contributed by atoms with Crippen LogP contribution in [0, 0.1) is 6.92 Å². The number of aryl methyl sites for hydroxylation is 1. The van der Waals surface area contributed by atoms with Crippen molar-refractivity contribution in [3.63, 3.8) is 0 Å². The number of methoxy groups -OCH3 is 1. The minimum Gasteiger partial charge on any atom is -0.378 e. The fourth-order valence-electron chi connectivity index (χ4n) is 3.58. The van der Waals surface area contributed by atoms with Gasteiger partial charge in [-0.15, -0.1) is 0 Å². The lowest BCUT2D eigenvalue weighted by molar-refractivity contribution is -0.145. The van der Waals surface area contributed by atoms with Gasteiger partial charge in [-0.2, -0.15) is 0 Å². The highest BCUT2D eigenvalue weighted by molar-refractivity contribution is 5.17. The highest BCUT2D eigenvalue weighted by atomic mass is 16.5. The Bertz CT molecular complexity index is 458. The third kappa shape index (κ3) is 2.60. The average Bonchev–Trinajstić information content (AvgIpc) is 2.90. The van der Waals surface area contributed by atoms with Gasteiger partial charge in [0, 0.05) is 39.5 Å². The number of aromatic nitrogens is 1. The standard InChI is InChI=1S/C16H24N2O2/c1-13-5-3-8-17-14(13)11-18-9-6-15(19-2)16(12-18)7-4-10-20-16/h3,5,8,15H,4,6-7,9-12H2,1-2H3/t15-,16-/m0/s1. The molecule has 3 heterocycles. The first-order valence-corrected chi connectivity index (χ1v) is 7.53. The first-order valence-electron chi connectivity index (χ1n) is 7.53. The summed E-state index contributed by atoms with van der Waals surface area (Å²) in [6.45, 7) is 5.93. The van der Waals surface area contributed by atoms with Gasteiger partial charge >= 0.3 is 0 Å². The highest BCUT2D eigenvalue weighted by Crippen LogP contribution is 2.36. The minimum absolute atomic E-state index is 0.0876. The van der Waals surface area contributed by atoms with Gasteiger partial charge in [-0.05, 0) is 37.8 Å². The summed E-state index contributed by atoms with van der Waals surface area (Å²) in [6.07, 6.45) is 5.43. The Balaban J connectivity index is 1.72. The van der Waals surface area contributed by atoms with Gasteiger partial charge in [-0.3, -0.25) is 9.88 Å². The zero-order chi connectivity index (χ0) is 14.0. The molecule has 2 aliphatic rings. The van der Waals surface area contributed by atoms with Crippen LogP contribution < -0.4 is 0 Å². The monoisotopic (exact) mass is 276 g/mol. The zero-order valence-corrected chi connectivity index (χ0v) is 12.5. The molecule has 110 valence electrons. The molecule has 1 spiro atoms. The van der Waals surface area contributed by atoms with Crippen molar-refractivity contribution in [1.82, 2.24) is 9.88 Å². The van der Waals surface area contributed by atoms with Crippen LogP contribution in [0.4, 0.5) is 0 Å². The van der Waals surface area contributed by atoms with Crippen LogP contribution in [0.1, 0.15) is 30.5 Å². The van der Waals surface area contributed by atoms with Crippen molar-refractivity contribution in [1.29, 1.82) is 0 Å². The number of piperidine rings is 1. The molecule has 0 unspecified atom stereocenters. The quantitative estimate of drug-likeness (QED) is 0.847. The molecule has 2 atom stereocenters. The molecule has 1 aromatic rings. The van der Waals surface area contributed by atoms with E-state index in [1.54, 1.807) is 0 Å². The summed E-state index contributed by atoms with van der Waals surface area (Å²) in [5.74, 6) is 0. The molecule has 1 aromatic heterocycles. The van der Waals surface area contributed by atoms with E-state index in [9.17, 15) is 0 Å². The predicted octanol–water partition coefficient (Wildman–Crippen LogP) is 2.16. The molecule has 0 aromatic carbocycles. The van der Waals surface area contributed by atoms with Crippen molar-refractivity contribution in [2.75, 3.05) is 26.8 Å². The lowest BCUT2D eigenvalue weighted by Crippen LogP contribution is -2.56. The number of rotatable bonds is 3. The highest BCUT2D eigenvalue weighted by Gasteiger charge is 2.47. The predicted molar refractivity (Wildman–Crippen MR) is 77.6 cm³/mol. The summed E-state index contributed by atoms with van der Waals surface area (Å²) in [6, 6.07) is 4.13. The van der Waals surface area contributed by atoms with Gasteiger partial charge in [-0.1, -0.05) is 6.07 Å². The largest absolute Gasteiger partial charge is 0.378 e. The van der Waals surface area contributed by atoms with Gasteiger partial charge in [0.05, 0.1) is 11.8 Å². The van der Waals surface area contributed by atoms with Crippen molar-refractivity contribution >= 4 is 0 Å². The van der Waals surface area contributed by atoms with Crippen LogP contribution in [-0.4, -0.2) is 48.4 Å². The van der Waals surface area contributed by atoms with Gasteiger partial charge < -0.3 is 9.47 Å². The third-order valence-corrected chi connectivity index (χ3v) is 4.70. The molecule has 0 saturated carbocycles. The summed E-state index contributed by atoms with van der Waals surface area (Å²) >= 11 is 0. The van der Waals surface area contributed by atoms with E-state index in [-0.39, 0.29) is 11.7 Å². The summed E-state index contributed by atoms with van der Waals surface area (Å²) in [4.78, 5) is 6.98. The van der Waals surface area contributed by atoms with Crippen molar-refractivity contribution in [2.24, 2.45) is 0 Å². The van der Waals surface area contributed by atoms with Crippen LogP contribution in [0.2, 0.25) is 0 Å². The molecule has 2 fully saturated rings. The fourth-order valence-corrected chi connectivity index (χ4v) is 3.58. The van der Waals surface area contributed by atoms with E-state index >= 15 is 0 Å². The van der Waals surface area contributed by atoms with Gasteiger partial charge in [0.1, 0.15) is 5.60 Å². The van der Waals surface area contributed by atoms with E-state index in [0.717, 1.165) is 45.5 Å². The second kappa shape index (κ2) is 5.80. The lowest BCUT2D eigenvalue weighted by atomic mass is 9.86. The van der Waals surface area contributed by atoms with Crippen LogP contribution in [-0.2, 0) is 16.0 Å². The topological polar surface area (TPSA) is 34.6 Å². The van der Waals surface area contributed by atoms with Gasteiger partial charge in [0.2, 0.25) is 0 Å². The number of ether oxygens (including phenoxy) is 2. The number of hydrogen-bond donors (Lipinski definition) is 0. The number of hydrogen-bond acceptors (Lipinski definition) is 4. The van der Waals surface area contributed by atoms with Crippen molar-refractivity contribution in [3.05, 3.63) is 29.6 Å². The molecular weight excluding hydrogens is 252 g/mol. The Morgan fingerprint density at radius 3 is 3.15 bits per heavy atom. The third-order valence-electron chi connectivity index (χ3n) is 4.70. The smallest absolute Gasteiger partial charge is 0.107 e. The Hall–Kier alpha value is -0.970. The molecule has 2 saturated heterocycles. The Kier molecular flexibility index (Phi) is 4.06. The lowest BCUT2D eigenvalue weighted by Gasteiger charge is -2.44. The number of likely N-dealkylation sites (tertiary alicyclic amines) is 1. The van der Waals surface area contributed by atoms with Crippen LogP contribution in [0.5, 0.6) is 0 Å².